The molecule has 2 aromatic rings. The number of rotatable bonds is 6. The summed E-state index contributed by atoms with van der Waals surface area (Å²) in [5.74, 6) is -0.771. The fraction of sp³-hybridized carbons (Fsp3) is 0.188. The Morgan fingerprint density at radius 1 is 0.947 bits per heavy atom. The molecule has 0 atom stereocenters. The zero-order valence-corrected chi connectivity index (χ0v) is 10.7. The number of carbonyl (C=O) groups is 1. The van der Waals surface area contributed by atoms with Crippen molar-refractivity contribution in [3.05, 3.63) is 60.2 Å². The number of nitrogens with one attached hydrogen (secondary N) is 1. The van der Waals surface area contributed by atoms with Crippen molar-refractivity contribution in [1.82, 2.24) is 5.32 Å². The summed E-state index contributed by atoms with van der Waals surface area (Å²) in [5.41, 5.74) is 3.55. The van der Waals surface area contributed by atoms with Crippen molar-refractivity contribution in [2.24, 2.45) is 0 Å². The highest BCUT2D eigenvalue weighted by atomic mass is 16.4. The van der Waals surface area contributed by atoms with Crippen LogP contribution in [0.25, 0.3) is 11.1 Å². The minimum absolute atomic E-state index is 0.155. The van der Waals surface area contributed by atoms with E-state index < -0.39 is 5.97 Å². The summed E-state index contributed by atoms with van der Waals surface area (Å²) in [5, 5.41) is 11.6. The highest BCUT2D eigenvalue weighted by Gasteiger charge is 1.98. The molecule has 0 aliphatic heterocycles. The molecule has 0 amide bonds. The molecule has 0 saturated carbocycles. The van der Waals surface area contributed by atoms with Gasteiger partial charge in [0.15, 0.2) is 0 Å². The largest absolute Gasteiger partial charge is 0.481 e. The van der Waals surface area contributed by atoms with Gasteiger partial charge in [0, 0.05) is 13.1 Å². The Bertz CT molecular complexity index is 520. The molecule has 0 unspecified atom stereocenters. The number of carboxylic acids is 1. The van der Waals surface area contributed by atoms with Crippen LogP contribution in [0.15, 0.2) is 54.6 Å². The molecule has 2 N–H and O–H groups in total. The summed E-state index contributed by atoms with van der Waals surface area (Å²) >= 11 is 0. The van der Waals surface area contributed by atoms with E-state index in [2.05, 4.69) is 41.7 Å². The molecule has 0 aliphatic rings. The quantitative estimate of drug-likeness (QED) is 0.780. The number of hydrogen-bond acceptors (Lipinski definition) is 2. The molecule has 19 heavy (non-hydrogen) atoms. The number of aliphatic carboxylic acids is 1. The number of carboxylic acid groups (broad SMARTS) is 1. The van der Waals surface area contributed by atoms with Crippen LogP contribution in [-0.4, -0.2) is 17.6 Å². The van der Waals surface area contributed by atoms with Crippen LogP contribution in [0.5, 0.6) is 0 Å². The lowest BCUT2D eigenvalue weighted by atomic mass is 10.0. The van der Waals surface area contributed by atoms with Crippen LogP contribution in [0.4, 0.5) is 0 Å². The highest BCUT2D eigenvalue weighted by molar-refractivity contribution is 5.66. The first kappa shape index (κ1) is 13.3. The Balaban J connectivity index is 1.90. The molecular formula is C16H17NO2. The van der Waals surface area contributed by atoms with Crippen LogP contribution in [0.1, 0.15) is 12.0 Å². The van der Waals surface area contributed by atoms with Crippen LogP contribution in [0.3, 0.4) is 0 Å². The molecule has 0 spiro atoms. The van der Waals surface area contributed by atoms with E-state index in [1.807, 2.05) is 18.2 Å². The van der Waals surface area contributed by atoms with Crippen LogP contribution in [0.2, 0.25) is 0 Å². The van der Waals surface area contributed by atoms with Gasteiger partial charge >= 0.3 is 5.97 Å². The maximum atomic E-state index is 10.4. The Morgan fingerprint density at radius 2 is 1.58 bits per heavy atom. The molecule has 0 saturated heterocycles. The molecule has 0 fully saturated rings. The fourth-order valence-electron chi connectivity index (χ4n) is 1.87. The summed E-state index contributed by atoms with van der Waals surface area (Å²) in [6.45, 7) is 1.19. The van der Waals surface area contributed by atoms with Gasteiger partial charge in [-0.2, -0.15) is 0 Å². The maximum Gasteiger partial charge on any atom is 0.304 e. The van der Waals surface area contributed by atoms with Gasteiger partial charge in [0.2, 0.25) is 0 Å². The molecule has 0 heterocycles. The van der Waals surface area contributed by atoms with E-state index in [1.54, 1.807) is 0 Å². The fourth-order valence-corrected chi connectivity index (χ4v) is 1.87. The maximum absolute atomic E-state index is 10.4. The predicted molar refractivity (Wildman–Crippen MR) is 75.8 cm³/mol. The Kier molecular flexibility index (Phi) is 4.70. The SMILES string of the molecule is O=C(O)CCNCc1ccc(-c2ccccc2)cc1. The van der Waals surface area contributed by atoms with Gasteiger partial charge in [-0.3, -0.25) is 4.79 Å². The van der Waals surface area contributed by atoms with Crippen LogP contribution in [-0.2, 0) is 11.3 Å². The van der Waals surface area contributed by atoms with Crippen molar-refractivity contribution < 1.29 is 9.90 Å². The summed E-state index contributed by atoms with van der Waals surface area (Å²) in [7, 11) is 0. The van der Waals surface area contributed by atoms with Gasteiger partial charge in [-0.05, 0) is 16.7 Å². The molecule has 0 bridgehead atoms. The van der Waals surface area contributed by atoms with E-state index >= 15 is 0 Å². The van der Waals surface area contributed by atoms with E-state index in [9.17, 15) is 4.79 Å². The first-order valence-corrected chi connectivity index (χ1v) is 6.32. The summed E-state index contributed by atoms with van der Waals surface area (Å²) in [6, 6.07) is 18.5. The minimum atomic E-state index is -0.771. The van der Waals surface area contributed by atoms with Crippen LogP contribution in [0, 0.1) is 0 Å². The van der Waals surface area contributed by atoms with Crippen molar-refractivity contribution >= 4 is 5.97 Å². The smallest absolute Gasteiger partial charge is 0.304 e. The molecule has 98 valence electrons. The Hall–Kier alpha value is -2.13. The second-order valence-corrected chi connectivity index (χ2v) is 4.38. The molecular weight excluding hydrogens is 238 g/mol. The standard InChI is InChI=1S/C16H17NO2/c18-16(19)10-11-17-12-13-6-8-15(9-7-13)14-4-2-1-3-5-14/h1-9,17H,10-12H2,(H,18,19). The average Bonchev–Trinajstić information content (AvgIpc) is 2.45. The monoisotopic (exact) mass is 255 g/mol. The first-order valence-electron chi connectivity index (χ1n) is 6.32. The predicted octanol–water partition coefficient (Wildman–Crippen LogP) is 2.92. The van der Waals surface area contributed by atoms with E-state index in [1.165, 1.54) is 11.1 Å². The van der Waals surface area contributed by atoms with E-state index in [0.717, 1.165) is 5.56 Å². The molecule has 3 nitrogen and oxygen atoms in total. The van der Waals surface area contributed by atoms with Crippen LogP contribution < -0.4 is 5.32 Å². The minimum Gasteiger partial charge on any atom is -0.481 e. The molecule has 0 radical (unpaired) electrons. The first-order chi connectivity index (χ1) is 9.25. The molecule has 2 rings (SSSR count). The van der Waals surface area contributed by atoms with Gasteiger partial charge < -0.3 is 10.4 Å². The molecule has 0 aromatic heterocycles. The number of hydrogen-bond donors (Lipinski definition) is 2. The van der Waals surface area contributed by atoms with Crippen molar-refractivity contribution in [2.45, 2.75) is 13.0 Å². The lowest BCUT2D eigenvalue weighted by Gasteiger charge is -2.05. The molecule has 2 aromatic carbocycles. The van der Waals surface area contributed by atoms with E-state index in [0.29, 0.717) is 13.1 Å². The lowest BCUT2D eigenvalue weighted by molar-refractivity contribution is -0.136. The molecule has 0 aliphatic carbocycles. The van der Waals surface area contributed by atoms with Gasteiger partial charge in [0.25, 0.3) is 0 Å². The topological polar surface area (TPSA) is 49.3 Å². The highest BCUT2D eigenvalue weighted by Crippen LogP contribution is 2.19. The van der Waals surface area contributed by atoms with Gasteiger partial charge in [0.1, 0.15) is 0 Å². The Morgan fingerprint density at radius 3 is 2.21 bits per heavy atom. The third-order valence-corrected chi connectivity index (χ3v) is 2.91. The lowest BCUT2D eigenvalue weighted by Crippen LogP contribution is -2.17. The average molecular weight is 255 g/mol. The van der Waals surface area contributed by atoms with Gasteiger partial charge in [-0.15, -0.1) is 0 Å². The Labute approximate surface area is 112 Å². The zero-order chi connectivity index (χ0) is 13.5. The summed E-state index contributed by atoms with van der Waals surface area (Å²) < 4.78 is 0. The van der Waals surface area contributed by atoms with Crippen molar-refractivity contribution in [3.63, 3.8) is 0 Å². The van der Waals surface area contributed by atoms with Crippen molar-refractivity contribution in [1.29, 1.82) is 0 Å². The summed E-state index contributed by atoms with van der Waals surface area (Å²) in [6.07, 6.45) is 0.155. The normalized spacial score (nSPS) is 10.3. The second kappa shape index (κ2) is 6.71. The third kappa shape index (κ3) is 4.23. The van der Waals surface area contributed by atoms with Crippen LogP contribution >= 0.6 is 0 Å². The number of benzene rings is 2. The van der Waals surface area contributed by atoms with Gasteiger partial charge in [-0.1, -0.05) is 54.6 Å². The van der Waals surface area contributed by atoms with Gasteiger partial charge in [0.05, 0.1) is 6.42 Å². The van der Waals surface area contributed by atoms with Gasteiger partial charge in [-0.25, -0.2) is 0 Å². The zero-order valence-electron chi connectivity index (χ0n) is 10.7. The van der Waals surface area contributed by atoms with Crippen molar-refractivity contribution in [2.75, 3.05) is 6.54 Å². The van der Waals surface area contributed by atoms with E-state index in [4.69, 9.17) is 5.11 Å². The summed E-state index contributed by atoms with van der Waals surface area (Å²) in [4.78, 5) is 10.4. The third-order valence-electron chi connectivity index (χ3n) is 2.91. The van der Waals surface area contributed by atoms with E-state index in [-0.39, 0.29) is 6.42 Å². The molecule has 3 heteroatoms. The van der Waals surface area contributed by atoms with Crippen molar-refractivity contribution in [3.8, 4) is 11.1 Å². The second-order valence-electron chi connectivity index (χ2n) is 4.38.